The van der Waals surface area contributed by atoms with Crippen LogP contribution in [0.5, 0.6) is 0 Å². The molecular weight excluding hydrogens is 180 g/mol. The standard InChI is InChI=1S/C8H13Si3/c1-11(2,3)8(10-9)6-4-5-7-8/h4-7H,1-3H3. The van der Waals surface area contributed by atoms with Crippen LogP contribution < -0.4 is 0 Å². The van der Waals surface area contributed by atoms with Crippen molar-refractivity contribution in [1.82, 2.24) is 0 Å². The van der Waals surface area contributed by atoms with Crippen LogP contribution in [0.15, 0.2) is 24.3 Å². The van der Waals surface area contributed by atoms with Gasteiger partial charge in [-0.3, -0.25) is 0 Å². The molecular formula is C8H13Si3. The molecule has 0 aromatic carbocycles. The van der Waals surface area contributed by atoms with Gasteiger partial charge in [-0.15, -0.1) is 0 Å². The van der Waals surface area contributed by atoms with Gasteiger partial charge in [0.05, 0.1) is 8.07 Å². The zero-order valence-corrected chi connectivity index (χ0v) is 10.3. The predicted molar refractivity (Wildman–Crippen MR) is 55.8 cm³/mol. The van der Waals surface area contributed by atoms with E-state index in [2.05, 4.69) is 53.7 Å². The number of allylic oxidation sites excluding steroid dienone is 4. The predicted octanol–water partition coefficient (Wildman–Crippen LogP) is 1.94. The fourth-order valence-electron chi connectivity index (χ4n) is 1.24. The minimum atomic E-state index is -1.08. The highest BCUT2D eigenvalue weighted by Gasteiger charge is 2.38. The van der Waals surface area contributed by atoms with Crippen molar-refractivity contribution < 1.29 is 0 Å². The van der Waals surface area contributed by atoms with Crippen molar-refractivity contribution in [1.29, 1.82) is 0 Å². The summed E-state index contributed by atoms with van der Waals surface area (Å²) in [6, 6.07) is 0. The fraction of sp³-hybridized carbons (Fsp3) is 0.500. The molecule has 1 rings (SSSR count). The molecule has 0 aromatic heterocycles. The van der Waals surface area contributed by atoms with Crippen LogP contribution in [0.3, 0.4) is 0 Å². The summed E-state index contributed by atoms with van der Waals surface area (Å²) in [4.78, 5) is 0. The van der Waals surface area contributed by atoms with Gasteiger partial charge in [0.2, 0.25) is 0 Å². The third kappa shape index (κ3) is 1.50. The Kier molecular flexibility index (Phi) is 2.41. The van der Waals surface area contributed by atoms with Gasteiger partial charge in [0.1, 0.15) is 0 Å². The summed E-state index contributed by atoms with van der Waals surface area (Å²) >= 11 is 0. The highest BCUT2D eigenvalue weighted by Crippen LogP contribution is 2.41. The molecule has 11 heavy (non-hydrogen) atoms. The quantitative estimate of drug-likeness (QED) is 0.588. The molecule has 3 heteroatoms. The summed E-state index contributed by atoms with van der Waals surface area (Å²) in [6.07, 6.45) is 9.05. The van der Waals surface area contributed by atoms with Crippen LogP contribution in [0.2, 0.25) is 24.3 Å². The molecule has 0 saturated carbocycles. The lowest BCUT2D eigenvalue weighted by atomic mass is 10.4. The molecule has 0 nitrogen and oxygen atoms in total. The Morgan fingerprint density at radius 2 is 1.64 bits per heavy atom. The van der Waals surface area contributed by atoms with E-state index in [-0.39, 0.29) is 0 Å². The monoisotopic (exact) mass is 193 g/mol. The number of hydrogen-bond acceptors (Lipinski definition) is 0. The molecule has 1 aliphatic rings. The second-order valence-electron chi connectivity index (χ2n) is 3.96. The number of hydrogen-bond donors (Lipinski definition) is 0. The Labute approximate surface area is 75.8 Å². The van der Waals surface area contributed by atoms with E-state index >= 15 is 0 Å². The molecule has 0 unspecified atom stereocenters. The first-order valence-electron chi connectivity index (χ1n) is 3.83. The Morgan fingerprint density at radius 1 is 1.18 bits per heavy atom. The average Bonchev–Trinajstić information content (AvgIpc) is 2.33. The molecule has 0 atom stereocenters. The molecule has 0 spiro atoms. The average molecular weight is 193 g/mol. The first kappa shape index (κ1) is 9.22. The summed E-state index contributed by atoms with van der Waals surface area (Å²) in [6.45, 7) is 7.25. The molecule has 0 fully saturated rings. The minimum absolute atomic E-state index is 0.393. The van der Waals surface area contributed by atoms with E-state index in [0.717, 1.165) is 9.04 Å². The lowest BCUT2D eigenvalue weighted by Crippen LogP contribution is -2.40. The van der Waals surface area contributed by atoms with Crippen LogP contribution in [-0.2, 0) is 0 Å². The van der Waals surface area contributed by atoms with Gasteiger partial charge in [-0.25, -0.2) is 0 Å². The lowest BCUT2D eigenvalue weighted by molar-refractivity contribution is 1.17. The second kappa shape index (κ2) is 2.88. The van der Waals surface area contributed by atoms with Gasteiger partial charge in [0, 0.05) is 18.8 Å². The maximum absolute atomic E-state index is 3.68. The molecule has 0 heterocycles. The van der Waals surface area contributed by atoms with Crippen LogP contribution in [0.1, 0.15) is 0 Å². The van der Waals surface area contributed by atoms with Crippen molar-refractivity contribution in [2.24, 2.45) is 0 Å². The van der Waals surface area contributed by atoms with E-state index in [4.69, 9.17) is 0 Å². The number of rotatable bonds is 2. The van der Waals surface area contributed by atoms with Gasteiger partial charge in [-0.05, 0) is 4.66 Å². The summed E-state index contributed by atoms with van der Waals surface area (Å²) in [7, 11) is 3.42. The van der Waals surface area contributed by atoms with Crippen molar-refractivity contribution in [2.75, 3.05) is 0 Å². The maximum Gasteiger partial charge on any atom is 0.0552 e. The van der Waals surface area contributed by atoms with Crippen LogP contribution in [0, 0.1) is 0 Å². The third-order valence-electron chi connectivity index (χ3n) is 2.28. The molecule has 57 valence electrons. The lowest BCUT2D eigenvalue weighted by Gasteiger charge is -2.36. The molecule has 0 aromatic rings. The highest BCUT2D eigenvalue weighted by atomic mass is 29.1. The molecule has 0 saturated heterocycles. The van der Waals surface area contributed by atoms with Gasteiger partial charge >= 0.3 is 0 Å². The van der Waals surface area contributed by atoms with Crippen molar-refractivity contribution in [2.45, 2.75) is 24.3 Å². The highest BCUT2D eigenvalue weighted by molar-refractivity contribution is 7.03. The largest absolute Gasteiger partial charge is 0.0808 e. The zero-order valence-electron chi connectivity index (χ0n) is 7.31. The van der Waals surface area contributed by atoms with Gasteiger partial charge in [0.15, 0.2) is 0 Å². The van der Waals surface area contributed by atoms with Crippen LogP contribution in [-0.4, -0.2) is 26.9 Å². The van der Waals surface area contributed by atoms with E-state index in [0.29, 0.717) is 4.66 Å². The summed E-state index contributed by atoms with van der Waals surface area (Å²) in [5.41, 5.74) is 0. The van der Waals surface area contributed by atoms with Crippen molar-refractivity contribution >= 4 is 26.9 Å². The molecule has 1 aliphatic carbocycles. The summed E-state index contributed by atoms with van der Waals surface area (Å²) < 4.78 is 0.393. The fourth-order valence-corrected chi connectivity index (χ4v) is 8.17. The van der Waals surface area contributed by atoms with Gasteiger partial charge in [-0.2, -0.15) is 0 Å². The van der Waals surface area contributed by atoms with E-state index in [1.54, 1.807) is 0 Å². The first-order chi connectivity index (χ1) is 5.02. The molecule has 0 aliphatic heterocycles. The summed E-state index contributed by atoms with van der Waals surface area (Å²) in [5.74, 6) is 0. The van der Waals surface area contributed by atoms with Crippen LogP contribution in [0.4, 0.5) is 0 Å². The normalized spacial score (nSPS) is 21.1. The topological polar surface area (TPSA) is 0 Å². The Morgan fingerprint density at radius 3 is 1.82 bits per heavy atom. The van der Waals surface area contributed by atoms with Crippen LogP contribution in [0.25, 0.3) is 0 Å². The Hall–Kier alpha value is 0.131. The van der Waals surface area contributed by atoms with E-state index in [1.807, 2.05) is 0 Å². The van der Waals surface area contributed by atoms with Crippen molar-refractivity contribution in [3.8, 4) is 0 Å². The second-order valence-corrected chi connectivity index (χ2v) is 11.6. The van der Waals surface area contributed by atoms with Gasteiger partial charge in [0.25, 0.3) is 0 Å². The van der Waals surface area contributed by atoms with E-state index in [1.165, 1.54) is 0 Å². The minimum Gasteiger partial charge on any atom is -0.0808 e. The van der Waals surface area contributed by atoms with Crippen molar-refractivity contribution in [3.63, 3.8) is 0 Å². The Bertz CT molecular complexity index is 186. The van der Waals surface area contributed by atoms with E-state index < -0.39 is 8.07 Å². The van der Waals surface area contributed by atoms with Gasteiger partial charge < -0.3 is 0 Å². The van der Waals surface area contributed by atoms with Crippen LogP contribution >= 0.6 is 0 Å². The maximum atomic E-state index is 3.68. The van der Waals surface area contributed by atoms with Gasteiger partial charge in [-0.1, -0.05) is 43.9 Å². The third-order valence-corrected chi connectivity index (χ3v) is 10.5. The first-order valence-corrected chi connectivity index (χ1v) is 9.83. The smallest absolute Gasteiger partial charge is 0.0552 e. The van der Waals surface area contributed by atoms with E-state index in [9.17, 15) is 0 Å². The molecule has 5 radical (unpaired) electrons. The Balaban J connectivity index is 2.95. The SMILES string of the molecule is C[Si](C)(C)C1([Si][Si])C=CC=C1. The summed E-state index contributed by atoms with van der Waals surface area (Å²) in [5, 5.41) is 0. The molecule has 0 amide bonds. The molecule has 0 N–H and O–H groups in total. The van der Waals surface area contributed by atoms with Crippen molar-refractivity contribution in [3.05, 3.63) is 24.3 Å². The molecule has 0 bridgehead atoms. The zero-order chi connectivity index (χ0) is 8.54.